The Morgan fingerprint density at radius 1 is 0.592 bits per heavy atom. The first-order valence-electron chi connectivity index (χ1n) is 18.4. The second kappa shape index (κ2) is 15.5. The minimum absolute atomic E-state index is 0.537. The van der Waals surface area contributed by atoms with Gasteiger partial charge < -0.3 is 4.57 Å². The Kier molecular flexibility index (Phi) is 11.1. The molecule has 0 N–H and O–H groups in total. The monoisotopic (exact) mass is 743 g/mol. The zero-order valence-corrected chi connectivity index (χ0v) is 33.9. The minimum Gasteiger partial charge on any atom is -0.336 e. The lowest BCUT2D eigenvalue weighted by molar-refractivity contribution is 0.279. The summed E-state index contributed by atoms with van der Waals surface area (Å²) in [5.41, 5.74) is 7.35. The van der Waals surface area contributed by atoms with Crippen LogP contribution in [0.25, 0.3) is 62.1 Å². The standard InChI is InChI=1S/C41H49N3S5/c1-7-11-13-27(9-3)22-29(23-28(10-4)14-12-8-2)44-32-21-26(6)46-40(32)41-33(44)24-37(48-41)36-20-19-35(47-36)31-17-16-30(34-18-15-25(5)45-34)38-39(31)43-49-42-38/h15-21,24,27-29H,7-14,22-23H2,1-6H3. The van der Waals surface area contributed by atoms with Crippen LogP contribution in [-0.2, 0) is 0 Å². The van der Waals surface area contributed by atoms with Crippen LogP contribution in [-0.4, -0.2) is 13.3 Å². The van der Waals surface area contributed by atoms with Gasteiger partial charge in [-0.2, -0.15) is 8.75 Å². The third kappa shape index (κ3) is 7.10. The van der Waals surface area contributed by atoms with Crippen LogP contribution in [0.2, 0.25) is 0 Å². The summed E-state index contributed by atoms with van der Waals surface area (Å²) in [6.07, 6.45) is 13.1. The van der Waals surface area contributed by atoms with Crippen LogP contribution in [0.15, 0.2) is 48.5 Å². The van der Waals surface area contributed by atoms with Gasteiger partial charge in [0.25, 0.3) is 0 Å². The highest BCUT2D eigenvalue weighted by molar-refractivity contribution is 7.31. The average Bonchev–Trinajstić information content (AvgIpc) is 3.95. The van der Waals surface area contributed by atoms with Crippen molar-refractivity contribution in [2.75, 3.05) is 0 Å². The average molecular weight is 744 g/mol. The lowest BCUT2D eigenvalue weighted by Crippen LogP contribution is -2.17. The smallest absolute Gasteiger partial charge is 0.114 e. The van der Waals surface area contributed by atoms with Gasteiger partial charge in [0.2, 0.25) is 0 Å². The number of aryl methyl sites for hydroxylation is 2. The van der Waals surface area contributed by atoms with Gasteiger partial charge >= 0.3 is 0 Å². The number of aromatic nitrogens is 3. The fourth-order valence-electron chi connectivity index (χ4n) is 7.71. The molecule has 0 spiro atoms. The predicted molar refractivity (Wildman–Crippen MR) is 223 cm³/mol. The zero-order valence-electron chi connectivity index (χ0n) is 29.8. The van der Waals surface area contributed by atoms with Crippen molar-refractivity contribution in [1.29, 1.82) is 0 Å². The zero-order chi connectivity index (χ0) is 34.1. The van der Waals surface area contributed by atoms with E-state index >= 15 is 0 Å². The van der Waals surface area contributed by atoms with Gasteiger partial charge in [0, 0.05) is 46.4 Å². The molecule has 6 aromatic heterocycles. The predicted octanol–water partition coefficient (Wildman–Crippen LogP) is 15.4. The maximum Gasteiger partial charge on any atom is 0.114 e. The molecule has 2 unspecified atom stereocenters. The molecule has 7 aromatic rings. The van der Waals surface area contributed by atoms with Crippen molar-refractivity contribution in [2.24, 2.45) is 11.8 Å². The molecule has 7 rings (SSSR count). The first-order valence-corrected chi connectivity index (χ1v) is 22.4. The van der Waals surface area contributed by atoms with Crippen LogP contribution in [0.3, 0.4) is 0 Å². The summed E-state index contributed by atoms with van der Waals surface area (Å²) in [6.45, 7) is 14.0. The topological polar surface area (TPSA) is 30.7 Å². The number of nitrogens with zero attached hydrogens (tertiary/aromatic N) is 3. The molecule has 0 aliphatic carbocycles. The molecule has 0 bridgehead atoms. The number of fused-ring (bicyclic) bond motifs is 4. The Morgan fingerprint density at radius 2 is 1.16 bits per heavy atom. The van der Waals surface area contributed by atoms with E-state index in [0.717, 1.165) is 22.9 Å². The summed E-state index contributed by atoms with van der Waals surface area (Å²) in [4.78, 5) is 8.00. The van der Waals surface area contributed by atoms with E-state index in [1.165, 1.54) is 137 Å². The van der Waals surface area contributed by atoms with Gasteiger partial charge in [0.1, 0.15) is 11.0 Å². The lowest BCUT2D eigenvalue weighted by Gasteiger charge is -2.29. The summed E-state index contributed by atoms with van der Waals surface area (Å²) in [7, 11) is 0. The van der Waals surface area contributed by atoms with Crippen LogP contribution >= 0.6 is 57.1 Å². The molecule has 6 heterocycles. The largest absolute Gasteiger partial charge is 0.336 e. The first-order chi connectivity index (χ1) is 23.9. The molecule has 8 heteroatoms. The Labute approximate surface area is 312 Å². The third-order valence-corrected chi connectivity index (χ3v) is 15.7. The highest BCUT2D eigenvalue weighted by Gasteiger charge is 2.27. The van der Waals surface area contributed by atoms with Crippen LogP contribution in [0, 0.1) is 25.7 Å². The van der Waals surface area contributed by atoms with E-state index in [2.05, 4.69) is 94.6 Å². The number of thiophene rings is 4. The second-order valence-electron chi connectivity index (χ2n) is 13.9. The molecule has 0 fully saturated rings. The minimum atomic E-state index is 0.537. The molecule has 49 heavy (non-hydrogen) atoms. The van der Waals surface area contributed by atoms with Gasteiger partial charge in [-0.05, 0) is 74.9 Å². The Balaban J connectivity index is 1.28. The summed E-state index contributed by atoms with van der Waals surface area (Å²) in [5, 5.41) is 0. The summed E-state index contributed by atoms with van der Waals surface area (Å²) in [6, 6.07) is 19.1. The van der Waals surface area contributed by atoms with Crippen molar-refractivity contribution in [3.05, 3.63) is 58.3 Å². The van der Waals surface area contributed by atoms with E-state index in [1.807, 2.05) is 45.3 Å². The summed E-state index contributed by atoms with van der Waals surface area (Å²) >= 11 is 9.03. The quantitative estimate of drug-likeness (QED) is 0.0987. The van der Waals surface area contributed by atoms with E-state index in [1.54, 1.807) is 0 Å². The van der Waals surface area contributed by atoms with Crippen LogP contribution in [0.4, 0.5) is 0 Å². The number of hydrogen-bond donors (Lipinski definition) is 0. The van der Waals surface area contributed by atoms with Crippen molar-refractivity contribution >= 4 is 88.5 Å². The molecule has 0 aliphatic heterocycles. The van der Waals surface area contributed by atoms with Gasteiger partial charge in [-0.15, -0.1) is 45.3 Å². The van der Waals surface area contributed by atoms with Crippen LogP contribution < -0.4 is 0 Å². The molecule has 258 valence electrons. The third-order valence-electron chi connectivity index (χ3n) is 10.5. The highest BCUT2D eigenvalue weighted by Crippen LogP contribution is 2.49. The van der Waals surface area contributed by atoms with Gasteiger partial charge in [-0.25, -0.2) is 0 Å². The molecule has 0 amide bonds. The number of unbranched alkanes of at least 4 members (excludes halogenated alkanes) is 2. The normalized spacial score (nSPS) is 14.1. The fourth-order valence-corrected chi connectivity index (χ4v) is 12.6. The van der Waals surface area contributed by atoms with Gasteiger partial charge in [0.05, 0.1) is 32.2 Å². The number of rotatable bonds is 16. The van der Waals surface area contributed by atoms with Crippen molar-refractivity contribution in [3.8, 4) is 30.6 Å². The summed E-state index contributed by atoms with van der Waals surface area (Å²) < 4.78 is 15.4. The van der Waals surface area contributed by atoms with E-state index in [9.17, 15) is 0 Å². The molecule has 3 nitrogen and oxygen atoms in total. The fraction of sp³-hybridized carbons (Fsp3) is 0.463. The highest BCUT2D eigenvalue weighted by atomic mass is 32.1. The molecule has 0 saturated heterocycles. The van der Waals surface area contributed by atoms with E-state index < -0.39 is 0 Å². The SMILES string of the molecule is CCCCC(CC)CC(CC(CC)CCCC)n1c2cc(C)sc2c2sc(-c3ccc(-c4ccc(-c5ccc(C)s5)c5nsnc45)s3)cc21. The molecule has 0 aliphatic rings. The van der Waals surface area contributed by atoms with Gasteiger partial charge in [-0.1, -0.05) is 91.2 Å². The Bertz CT molecular complexity index is 2130. The molecule has 2 atom stereocenters. The van der Waals surface area contributed by atoms with E-state index in [0.29, 0.717) is 6.04 Å². The molecule has 1 aromatic carbocycles. The second-order valence-corrected chi connectivity index (χ2v) is 19.1. The molecular formula is C41H49N3S5. The number of benzene rings is 1. The van der Waals surface area contributed by atoms with Crippen molar-refractivity contribution < 1.29 is 0 Å². The lowest BCUT2D eigenvalue weighted by atomic mass is 9.85. The van der Waals surface area contributed by atoms with Gasteiger partial charge in [0.15, 0.2) is 0 Å². The maximum atomic E-state index is 4.80. The van der Waals surface area contributed by atoms with Gasteiger partial charge in [-0.3, -0.25) is 0 Å². The van der Waals surface area contributed by atoms with E-state index in [4.69, 9.17) is 8.75 Å². The first kappa shape index (κ1) is 35.1. The van der Waals surface area contributed by atoms with Crippen LogP contribution in [0.5, 0.6) is 0 Å². The van der Waals surface area contributed by atoms with Crippen molar-refractivity contribution in [3.63, 3.8) is 0 Å². The Morgan fingerprint density at radius 3 is 1.76 bits per heavy atom. The van der Waals surface area contributed by atoms with Crippen molar-refractivity contribution in [2.45, 2.75) is 112 Å². The Hall–Kier alpha value is -2.36. The van der Waals surface area contributed by atoms with Crippen LogP contribution in [0.1, 0.15) is 108 Å². The molecule has 0 radical (unpaired) electrons. The maximum absolute atomic E-state index is 4.80. The van der Waals surface area contributed by atoms with Crippen molar-refractivity contribution in [1.82, 2.24) is 13.3 Å². The molecule has 0 saturated carbocycles. The summed E-state index contributed by atoms with van der Waals surface area (Å²) in [5.74, 6) is 1.57. The molecular weight excluding hydrogens is 695 g/mol. The van der Waals surface area contributed by atoms with E-state index in [-0.39, 0.29) is 0 Å². The number of hydrogen-bond acceptors (Lipinski definition) is 7.